The average Bonchev–Trinajstić information content (AvgIpc) is 3.32. The summed E-state index contributed by atoms with van der Waals surface area (Å²) in [7, 11) is 0. The summed E-state index contributed by atoms with van der Waals surface area (Å²) in [6.07, 6.45) is 6.70. The molecule has 1 aliphatic carbocycles. The monoisotopic (exact) mass is 423 g/mol. The molecular weight excluding hydrogens is 397 g/mol. The fourth-order valence-electron chi connectivity index (χ4n) is 4.25. The number of fused-ring (bicyclic) bond motifs is 1. The van der Waals surface area contributed by atoms with Crippen molar-refractivity contribution in [3.05, 3.63) is 29.0 Å². The van der Waals surface area contributed by atoms with Crippen molar-refractivity contribution in [3.8, 4) is 0 Å². The van der Waals surface area contributed by atoms with Crippen LogP contribution in [0.4, 0.5) is 4.39 Å². The van der Waals surface area contributed by atoms with Gasteiger partial charge in [-0.05, 0) is 51.5 Å². The summed E-state index contributed by atoms with van der Waals surface area (Å²) < 4.78 is 21.7. The number of carbonyl (C=O) groups is 1. The van der Waals surface area contributed by atoms with E-state index in [-0.39, 0.29) is 31.4 Å². The molecule has 1 aliphatic heterocycles. The minimum absolute atomic E-state index is 0.0816. The molecule has 29 heavy (non-hydrogen) atoms. The van der Waals surface area contributed by atoms with Crippen molar-refractivity contribution in [2.24, 2.45) is 0 Å². The highest BCUT2D eigenvalue weighted by Crippen LogP contribution is 2.37. The number of rotatable bonds is 5. The lowest BCUT2D eigenvalue weighted by atomic mass is 9.78. The maximum Gasteiger partial charge on any atom is 0.253 e. The molecule has 1 unspecified atom stereocenters. The Hall–Kier alpha value is -1.70. The van der Waals surface area contributed by atoms with Crippen LogP contribution >= 0.6 is 11.6 Å². The van der Waals surface area contributed by atoms with Crippen molar-refractivity contribution in [2.45, 2.75) is 69.4 Å². The number of alkyl halides is 1. The Morgan fingerprint density at radius 3 is 2.90 bits per heavy atom. The van der Waals surface area contributed by atoms with Crippen molar-refractivity contribution >= 4 is 28.5 Å². The third-order valence-corrected chi connectivity index (χ3v) is 6.49. The van der Waals surface area contributed by atoms with Gasteiger partial charge in [0.25, 0.3) is 5.91 Å². The number of hydrogen-bond donors (Lipinski definition) is 2. The Labute approximate surface area is 174 Å². The minimum Gasteiger partial charge on any atom is -0.388 e. The number of aromatic nitrogens is 2. The number of nitrogens with one attached hydrogen (secondary N) is 1. The second kappa shape index (κ2) is 7.85. The fourth-order valence-corrected chi connectivity index (χ4v) is 4.49. The first-order valence-electron chi connectivity index (χ1n) is 10.2. The number of pyridine rings is 1. The molecule has 2 N–H and O–H groups in total. The zero-order valence-corrected chi connectivity index (χ0v) is 17.3. The molecule has 8 heteroatoms. The molecule has 4 rings (SSSR count). The molecule has 0 bridgehead atoms. The summed E-state index contributed by atoms with van der Waals surface area (Å²) in [4.78, 5) is 17.4. The van der Waals surface area contributed by atoms with Crippen LogP contribution in [0.5, 0.6) is 0 Å². The summed E-state index contributed by atoms with van der Waals surface area (Å²) in [6.45, 7) is 3.00. The van der Waals surface area contributed by atoms with Crippen LogP contribution < -0.4 is 5.32 Å². The van der Waals surface area contributed by atoms with Crippen LogP contribution in [0.2, 0.25) is 5.02 Å². The van der Waals surface area contributed by atoms with Crippen LogP contribution in [0.15, 0.2) is 18.5 Å². The van der Waals surface area contributed by atoms with Crippen LogP contribution in [0, 0.1) is 0 Å². The lowest BCUT2D eigenvalue weighted by Gasteiger charge is -2.37. The van der Waals surface area contributed by atoms with E-state index in [1.54, 1.807) is 25.4 Å². The predicted molar refractivity (Wildman–Crippen MR) is 109 cm³/mol. The number of ether oxygens (including phenoxy) is 1. The maximum absolute atomic E-state index is 14.0. The molecule has 1 amide bonds. The van der Waals surface area contributed by atoms with E-state index in [0.717, 1.165) is 19.4 Å². The zero-order valence-electron chi connectivity index (χ0n) is 16.6. The predicted octanol–water partition coefficient (Wildman–Crippen LogP) is 3.63. The summed E-state index contributed by atoms with van der Waals surface area (Å²) in [5.41, 5.74) is -1.27. The van der Waals surface area contributed by atoms with Gasteiger partial charge in [-0.15, -0.1) is 0 Å². The van der Waals surface area contributed by atoms with Gasteiger partial charge in [0.2, 0.25) is 0 Å². The van der Waals surface area contributed by atoms with E-state index in [1.165, 1.54) is 0 Å². The third-order valence-electron chi connectivity index (χ3n) is 6.18. The molecular formula is C21H27ClFN3O3. The number of amides is 1. The lowest BCUT2D eigenvalue weighted by Crippen LogP contribution is -2.47. The van der Waals surface area contributed by atoms with Gasteiger partial charge in [-0.25, -0.2) is 9.37 Å². The molecule has 1 atom stereocenters. The Bertz CT molecular complexity index is 898. The second-order valence-electron chi connectivity index (χ2n) is 8.64. The first kappa shape index (κ1) is 20.6. The third kappa shape index (κ3) is 4.42. The van der Waals surface area contributed by atoms with Crippen molar-refractivity contribution in [3.63, 3.8) is 0 Å². The first-order chi connectivity index (χ1) is 13.8. The molecule has 2 aromatic heterocycles. The van der Waals surface area contributed by atoms with E-state index in [2.05, 4.69) is 10.3 Å². The van der Waals surface area contributed by atoms with Crippen molar-refractivity contribution in [1.82, 2.24) is 14.9 Å². The number of carbonyl (C=O) groups excluding carboxylic acids is 1. The Morgan fingerprint density at radius 2 is 2.21 bits per heavy atom. The van der Waals surface area contributed by atoms with Gasteiger partial charge in [0.15, 0.2) is 0 Å². The van der Waals surface area contributed by atoms with Gasteiger partial charge < -0.3 is 19.7 Å². The minimum atomic E-state index is -1.24. The molecule has 0 radical (unpaired) electrons. The van der Waals surface area contributed by atoms with E-state index < -0.39 is 11.3 Å². The number of halogens is 2. The molecule has 0 spiro atoms. The quantitative estimate of drug-likeness (QED) is 0.769. The fraction of sp³-hybridized carbons (Fsp3) is 0.619. The number of nitrogens with zero attached hydrogens (tertiary/aromatic N) is 2. The standard InChI is InChI=1S/C21H27ClFN3O3/c1-20(23)5-7-21(28,8-6-20)13-25-19(27)15-12-26(11-14-3-2-10-29-14)18-17(15)16(22)4-9-24-18/h4,9,12,14,28H,2-3,5-8,10-11,13H2,1H3,(H,25,27). The normalized spacial score (nSPS) is 30.0. The molecule has 2 aromatic rings. The van der Waals surface area contributed by atoms with Crippen molar-refractivity contribution in [2.75, 3.05) is 13.2 Å². The van der Waals surface area contributed by atoms with Crippen LogP contribution in [-0.4, -0.2) is 51.1 Å². The molecule has 1 saturated heterocycles. The maximum atomic E-state index is 14.0. The Morgan fingerprint density at radius 1 is 1.45 bits per heavy atom. The van der Waals surface area contributed by atoms with Crippen LogP contribution in [0.3, 0.4) is 0 Å². The molecule has 158 valence electrons. The topological polar surface area (TPSA) is 76.4 Å². The highest BCUT2D eigenvalue weighted by Gasteiger charge is 2.39. The molecule has 0 aromatic carbocycles. The van der Waals surface area contributed by atoms with Gasteiger partial charge >= 0.3 is 0 Å². The van der Waals surface area contributed by atoms with Crippen LogP contribution in [0.1, 0.15) is 55.8 Å². The SMILES string of the molecule is CC1(F)CCC(O)(CNC(=O)c2cn(CC3CCCO3)c3nccc(Cl)c23)CC1. The summed E-state index contributed by atoms with van der Waals surface area (Å²) >= 11 is 6.39. The Balaban J connectivity index is 1.52. The lowest BCUT2D eigenvalue weighted by molar-refractivity contribution is -0.0374. The second-order valence-corrected chi connectivity index (χ2v) is 9.05. The summed E-state index contributed by atoms with van der Waals surface area (Å²) in [5.74, 6) is -0.321. The van der Waals surface area contributed by atoms with Crippen molar-refractivity contribution in [1.29, 1.82) is 0 Å². The van der Waals surface area contributed by atoms with Gasteiger partial charge in [-0.2, -0.15) is 0 Å². The van der Waals surface area contributed by atoms with Gasteiger partial charge in [-0.3, -0.25) is 4.79 Å². The van der Waals surface area contributed by atoms with E-state index in [9.17, 15) is 14.3 Å². The Kier molecular flexibility index (Phi) is 5.57. The van der Waals surface area contributed by atoms with Gasteiger partial charge in [0.1, 0.15) is 11.3 Å². The van der Waals surface area contributed by atoms with Crippen LogP contribution in [-0.2, 0) is 11.3 Å². The van der Waals surface area contributed by atoms with E-state index >= 15 is 0 Å². The van der Waals surface area contributed by atoms with Gasteiger partial charge in [0, 0.05) is 25.5 Å². The highest BCUT2D eigenvalue weighted by molar-refractivity contribution is 6.36. The average molecular weight is 424 g/mol. The summed E-state index contributed by atoms with van der Waals surface area (Å²) in [6, 6.07) is 1.66. The van der Waals surface area contributed by atoms with Crippen molar-refractivity contribution < 1.29 is 19.0 Å². The first-order valence-corrected chi connectivity index (χ1v) is 10.6. The van der Waals surface area contributed by atoms with E-state index in [4.69, 9.17) is 16.3 Å². The van der Waals surface area contributed by atoms with Gasteiger partial charge in [-0.1, -0.05) is 11.6 Å². The zero-order chi connectivity index (χ0) is 20.6. The number of hydrogen-bond acceptors (Lipinski definition) is 4. The van der Waals surface area contributed by atoms with Gasteiger partial charge in [0.05, 0.1) is 34.2 Å². The molecule has 2 fully saturated rings. The summed E-state index contributed by atoms with van der Waals surface area (Å²) in [5, 5.41) is 14.6. The molecule has 3 heterocycles. The van der Waals surface area contributed by atoms with E-state index in [0.29, 0.717) is 41.0 Å². The molecule has 2 aliphatic rings. The molecule has 1 saturated carbocycles. The molecule has 6 nitrogen and oxygen atoms in total. The van der Waals surface area contributed by atoms with Crippen LogP contribution in [0.25, 0.3) is 11.0 Å². The smallest absolute Gasteiger partial charge is 0.253 e. The van der Waals surface area contributed by atoms with E-state index in [1.807, 2.05) is 4.57 Å². The highest BCUT2D eigenvalue weighted by atomic mass is 35.5. The number of aliphatic hydroxyl groups is 1. The largest absolute Gasteiger partial charge is 0.388 e.